The molecular weight excluding hydrogens is 299 g/mol. The van der Waals surface area contributed by atoms with Gasteiger partial charge in [0, 0.05) is 0 Å². The molecule has 1 heteroatoms. The van der Waals surface area contributed by atoms with E-state index in [0.29, 0.717) is 6.71 Å². The van der Waals surface area contributed by atoms with Crippen LogP contribution in [0.2, 0.25) is 6.32 Å². The van der Waals surface area contributed by atoms with Crippen molar-refractivity contribution in [2.75, 3.05) is 0 Å². The zero-order valence-corrected chi connectivity index (χ0v) is 17.3. The average molecular weight is 334 g/mol. The number of rotatable bonds is 5. The van der Waals surface area contributed by atoms with Crippen LogP contribution in [0.3, 0.4) is 0 Å². The highest BCUT2D eigenvalue weighted by Crippen LogP contribution is 2.22. The van der Waals surface area contributed by atoms with Crippen molar-refractivity contribution in [2.24, 2.45) is 0 Å². The van der Waals surface area contributed by atoms with Gasteiger partial charge in [-0.1, -0.05) is 127 Å². The molecule has 0 saturated heterocycles. The second-order valence-corrected chi connectivity index (χ2v) is 9.44. The molecule has 0 spiro atoms. The molecule has 0 saturated carbocycles. The lowest BCUT2D eigenvalue weighted by Crippen LogP contribution is -2.42. The fraction of sp³-hybridized carbons (Fsp3) is 0.500. The summed E-state index contributed by atoms with van der Waals surface area (Å²) in [5, 5.41) is 0. The fourth-order valence-electron chi connectivity index (χ4n) is 3.36. The van der Waals surface area contributed by atoms with Crippen molar-refractivity contribution in [3.8, 4) is 0 Å². The molecule has 134 valence electrons. The van der Waals surface area contributed by atoms with E-state index in [1.54, 1.807) is 0 Å². The molecule has 0 atom stereocenters. The van der Waals surface area contributed by atoms with Crippen LogP contribution in [0, 0.1) is 0 Å². The molecule has 0 bridgehead atoms. The van der Waals surface area contributed by atoms with Crippen molar-refractivity contribution in [3.63, 3.8) is 0 Å². The maximum atomic E-state index is 2.35. The van der Waals surface area contributed by atoms with Crippen molar-refractivity contribution >= 4 is 17.6 Å². The summed E-state index contributed by atoms with van der Waals surface area (Å²) in [6.45, 7) is 16.5. The molecule has 25 heavy (non-hydrogen) atoms. The standard InChI is InChI=1S/C24H35B/c1-8-9-18-25(21-14-10-19(11-15-21)23(2,3)4)22-16-12-20(13-17-22)24(5,6)7/h10-17H,8-9,18H2,1-7H3. The minimum atomic E-state index is 0.214. The quantitative estimate of drug-likeness (QED) is 0.616. The Morgan fingerprint density at radius 2 is 1.00 bits per heavy atom. The molecule has 0 fully saturated rings. The molecule has 0 aromatic heterocycles. The molecule has 0 heterocycles. The van der Waals surface area contributed by atoms with Gasteiger partial charge in [0.25, 0.3) is 0 Å². The first-order chi connectivity index (χ1) is 11.6. The maximum absolute atomic E-state index is 2.35. The second kappa shape index (κ2) is 7.81. The third-order valence-electron chi connectivity index (χ3n) is 5.20. The molecule has 0 nitrogen and oxygen atoms in total. The van der Waals surface area contributed by atoms with Crippen LogP contribution in [0.4, 0.5) is 0 Å². The highest BCUT2D eigenvalue weighted by atomic mass is 14.2. The lowest BCUT2D eigenvalue weighted by atomic mass is 9.38. The molecule has 0 aliphatic rings. The van der Waals surface area contributed by atoms with Gasteiger partial charge in [0.1, 0.15) is 0 Å². The van der Waals surface area contributed by atoms with Crippen molar-refractivity contribution < 1.29 is 0 Å². The zero-order valence-electron chi connectivity index (χ0n) is 17.3. The molecule has 2 aromatic rings. The number of hydrogen-bond donors (Lipinski definition) is 0. The summed E-state index contributed by atoms with van der Waals surface area (Å²) in [5.74, 6) is 0. The zero-order chi connectivity index (χ0) is 18.7. The summed E-state index contributed by atoms with van der Waals surface area (Å²) in [7, 11) is 0. The van der Waals surface area contributed by atoms with Crippen LogP contribution in [-0.4, -0.2) is 6.71 Å². The molecule has 0 radical (unpaired) electrons. The van der Waals surface area contributed by atoms with E-state index in [9.17, 15) is 0 Å². The third-order valence-corrected chi connectivity index (χ3v) is 5.20. The Morgan fingerprint density at radius 1 is 0.640 bits per heavy atom. The maximum Gasteiger partial charge on any atom is 0.209 e. The first-order valence-corrected chi connectivity index (χ1v) is 9.84. The van der Waals surface area contributed by atoms with E-state index in [1.807, 2.05) is 0 Å². The fourth-order valence-corrected chi connectivity index (χ4v) is 3.36. The Hall–Kier alpha value is -1.50. The monoisotopic (exact) mass is 334 g/mol. The van der Waals surface area contributed by atoms with Crippen LogP contribution < -0.4 is 10.9 Å². The smallest absolute Gasteiger partial charge is 0.0742 e. The highest BCUT2D eigenvalue weighted by molar-refractivity contribution is 6.85. The van der Waals surface area contributed by atoms with Gasteiger partial charge in [-0.15, -0.1) is 0 Å². The SMILES string of the molecule is CCCCB(c1ccc(C(C)(C)C)cc1)c1ccc(C(C)(C)C)cc1. The predicted octanol–water partition coefficient (Wildman–Crippen LogP) is 5.69. The Labute approximate surface area is 156 Å². The Morgan fingerprint density at radius 3 is 1.28 bits per heavy atom. The van der Waals surface area contributed by atoms with E-state index >= 15 is 0 Å². The van der Waals surface area contributed by atoms with Gasteiger partial charge in [-0.2, -0.15) is 0 Å². The van der Waals surface area contributed by atoms with Gasteiger partial charge in [-0.3, -0.25) is 0 Å². The summed E-state index contributed by atoms with van der Waals surface area (Å²) in [6, 6.07) is 18.7. The first kappa shape index (κ1) is 19.8. The van der Waals surface area contributed by atoms with E-state index in [-0.39, 0.29) is 10.8 Å². The van der Waals surface area contributed by atoms with Gasteiger partial charge in [0.2, 0.25) is 6.71 Å². The number of hydrogen-bond acceptors (Lipinski definition) is 0. The lowest BCUT2D eigenvalue weighted by molar-refractivity contribution is 0.590. The molecule has 2 aromatic carbocycles. The summed E-state index contributed by atoms with van der Waals surface area (Å²) < 4.78 is 0. The van der Waals surface area contributed by atoms with Crippen LogP contribution in [0.25, 0.3) is 0 Å². The van der Waals surface area contributed by atoms with Crippen LogP contribution in [0.15, 0.2) is 48.5 Å². The summed E-state index contributed by atoms with van der Waals surface area (Å²) in [4.78, 5) is 0. The molecule has 0 amide bonds. The van der Waals surface area contributed by atoms with Crippen LogP contribution in [0.1, 0.15) is 72.4 Å². The van der Waals surface area contributed by atoms with E-state index < -0.39 is 0 Å². The van der Waals surface area contributed by atoms with E-state index in [2.05, 4.69) is 97.0 Å². The highest BCUT2D eigenvalue weighted by Gasteiger charge is 2.21. The topological polar surface area (TPSA) is 0 Å². The van der Waals surface area contributed by atoms with E-state index in [0.717, 1.165) is 0 Å². The molecule has 0 unspecified atom stereocenters. The van der Waals surface area contributed by atoms with Crippen LogP contribution in [-0.2, 0) is 10.8 Å². The number of benzene rings is 2. The van der Waals surface area contributed by atoms with Gasteiger partial charge < -0.3 is 0 Å². The van der Waals surface area contributed by atoms with Gasteiger partial charge >= 0.3 is 0 Å². The Balaban J connectivity index is 2.32. The van der Waals surface area contributed by atoms with Gasteiger partial charge in [-0.25, -0.2) is 0 Å². The Bertz CT molecular complexity index is 594. The van der Waals surface area contributed by atoms with Crippen molar-refractivity contribution in [2.45, 2.75) is 78.5 Å². The Kier molecular flexibility index (Phi) is 6.19. The van der Waals surface area contributed by atoms with E-state index in [4.69, 9.17) is 0 Å². The summed E-state index contributed by atoms with van der Waals surface area (Å²) in [5.41, 5.74) is 6.15. The van der Waals surface area contributed by atoms with Gasteiger partial charge in [0.15, 0.2) is 0 Å². The van der Waals surface area contributed by atoms with Gasteiger partial charge in [-0.05, 0) is 22.0 Å². The van der Waals surface area contributed by atoms with Crippen LogP contribution in [0.5, 0.6) is 0 Å². The molecule has 0 aliphatic carbocycles. The predicted molar refractivity (Wildman–Crippen MR) is 115 cm³/mol. The molecule has 0 aliphatic heterocycles. The van der Waals surface area contributed by atoms with Crippen LogP contribution >= 0.6 is 0 Å². The van der Waals surface area contributed by atoms with Gasteiger partial charge in [0.05, 0.1) is 0 Å². The second-order valence-electron chi connectivity index (χ2n) is 9.44. The normalized spacial score (nSPS) is 12.3. The largest absolute Gasteiger partial charge is 0.209 e. The molecule has 0 N–H and O–H groups in total. The minimum Gasteiger partial charge on any atom is -0.0742 e. The summed E-state index contributed by atoms with van der Waals surface area (Å²) >= 11 is 0. The average Bonchev–Trinajstić information content (AvgIpc) is 2.54. The van der Waals surface area contributed by atoms with E-state index in [1.165, 1.54) is 41.2 Å². The van der Waals surface area contributed by atoms with Crippen molar-refractivity contribution in [3.05, 3.63) is 59.7 Å². The third kappa shape index (κ3) is 5.24. The molecule has 2 rings (SSSR count). The summed E-state index contributed by atoms with van der Waals surface area (Å²) in [6.07, 6.45) is 3.74. The van der Waals surface area contributed by atoms with Crippen molar-refractivity contribution in [1.82, 2.24) is 0 Å². The van der Waals surface area contributed by atoms with Crippen molar-refractivity contribution in [1.29, 1.82) is 0 Å². The lowest BCUT2D eigenvalue weighted by Gasteiger charge is -2.22. The molecular formula is C24H35B. The number of unbranched alkanes of at least 4 members (excludes halogenated alkanes) is 1. The first-order valence-electron chi connectivity index (χ1n) is 9.84. The minimum absolute atomic E-state index is 0.214.